The first-order chi connectivity index (χ1) is 16.3. The van der Waals surface area contributed by atoms with E-state index in [0.717, 1.165) is 48.6 Å². The Bertz CT molecular complexity index is 1260. The Morgan fingerprint density at radius 3 is 2.53 bits per heavy atom. The molecule has 2 aliphatic heterocycles. The second kappa shape index (κ2) is 8.03. The van der Waals surface area contributed by atoms with Gasteiger partial charge in [0.2, 0.25) is 16.0 Å². The quantitative estimate of drug-likeness (QED) is 0.661. The summed E-state index contributed by atoms with van der Waals surface area (Å²) in [7, 11) is -1.11. The van der Waals surface area contributed by atoms with E-state index in [9.17, 15) is 8.42 Å². The van der Waals surface area contributed by atoms with Crippen LogP contribution in [0.15, 0.2) is 12.4 Å². The fourth-order valence-corrected chi connectivity index (χ4v) is 6.29. The van der Waals surface area contributed by atoms with E-state index in [1.54, 1.807) is 4.31 Å². The lowest BCUT2D eigenvalue weighted by molar-refractivity contribution is 0.331. The van der Waals surface area contributed by atoms with Gasteiger partial charge in [-0.3, -0.25) is 0 Å². The monoisotopic (exact) mass is 484 g/mol. The first-order valence-electron chi connectivity index (χ1n) is 12.2. The lowest BCUT2D eigenvalue weighted by atomic mass is 9.98. The largest absolute Gasteiger partial charge is 0.351 e. The summed E-state index contributed by atoms with van der Waals surface area (Å²) in [6, 6.07) is 0.850. The molecule has 6 rings (SSSR count). The summed E-state index contributed by atoms with van der Waals surface area (Å²) in [6.07, 6.45) is 11.0. The molecule has 1 atom stereocenters. The molecule has 0 aromatic carbocycles. The van der Waals surface area contributed by atoms with Crippen LogP contribution in [0.2, 0.25) is 0 Å². The Kier molecular flexibility index (Phi) is 5.19. The van der Waals surface area contributed by atoms with Crippen LogP contribution < -0.4 is 10.7 Å². The first kappa shape index (κ1) is 22.0. The number of nitrogens with one attached hydrogen (secondary N) is 2. The zero-order chi connectivity index (χ0) is 23.6. The van der Waals surface area contributed by atoms with E-state index >= 15 is 0 Å². The molecular formula is C23H32N8O2S. The number of imidazole rings is 1. The minimum absolute atomic E-state index is 0.161. The molecule has 2 N–H and O–H groups in total. The third kappa shape index (κ3) is 3.89. The summed E-state index contributed by atoms with van der Waals surface area (Å²) in [5, 5.41) is 5.48. The number of piperidine rings is 1. The Balaban J connectivity index is 1.31. The summed E-state index contributed by atoms with van der Waals surface area (Å²) in [6.45, 7) is 3.23. The summed E-state index contributed by atoms with van der Waals surface area (Å²) >= 11 is 0. The van der Waals surface area contributed by atoms with Crippen LogP contribution in [-0.2, 0) is 22.9 Å². The van der Waals surface area contributed by atoms with Crippen molar-refractivity contribution in [1.82, 2.24) is 34.3 Å². The second-order valence-electron chi connectivity index (χ2n) is 10.0. The maximum absolute atomic E-state index is 11.8. The van der Waals surface area contributed by atoms with Gasteiger partial charge >= 0.3 is 0 Å². The van der Waals surface area contributed by atoms with Crippen molar-refractivity contribution in [1.29, 1.82) is 0 Å². The molecule has 1 saturated carbocycles. The number of aromatic nitrogens is 4. The van der Waals surface area contributed by atoms with Crippen molar-refractivity contribution < 1.29 is 8.42 Å². The average molecular weight is 485 g/mol. The van der Waals surface area contributed by atoms with E-state index in [1.807, 2.05) is 18.3 Å². The molecule has 0 amide bonds. The topological polar surface area (TPSA) is 108 Å². The molecule has 2 aromatic heterocycles. The second-order valence-corrected chi connectivity index (χ2v) is 12.0. The normalized spacial score (nSPS) is 23.6. The van der Waals surface area contributed by atoms with Gasteiger partial charge in [0, 0.05) is 50.2 Å². The van der Waals surface area contributed by atoms with E-state index in [1.165, 1.54) is 30.2 Å². The van der Waals surface area contributed by atoms with Crippen molar-refractivity contribution in [2.24, 2.45) is 0 Å². The SMILES string of the molecule is CC1NN(C)C=C1c1nc2c(n1C1CC1)-c1nc(NC3CCN(S(C)(=O)=O)CC3)ncc1CC2. The number of aryl methyl sites for hydroxylation is 2. The molecule has 1 unspecified atom stereocenters. The standard InChI is InChI=1S/C23H32N8O2S/c1-14-18(13-29(2)28-14)22-26-19-7-4-15-12-24-23(27-20(15)21(19)31(22)17-5-6-17)25-16-8-10-30(11-9-16)34(3,32)33/h12-14,16-17,28H,4-11H2,1-3H3,(H,24,25,27). The van der Waals surface area contributed by atoms with Gasteiger partial charge in [0.05, 0.1) is 29.4 Å². The van der Waals surface area contributed by atoms with Gasteiger partial charge in [0.1, 0.15) is 5.82 Å². The molecule has 1 saturated heterocycles. The number of fused-ring (bicyclic) bond motifs is 3. The van der Waals surface area contributed by atoms with Crippen LogP contribution in [-0.4, -0.2) is 75.7 Å². The minimum Gasteiger partial charge on any atom is -0.351 e. The zero-order valence-corrected chi connectivity index (χ0v) is 20.8. The van der Waals surface area contributed by atoms with Crippen molar-refractivity contribution in [3.05, 3.63) is 29.5 Å². The molecule has 2 aliphatic carbocycles. The molecule has 34 heavy (non-hydrogen) atoms. The minimum atomic E-state index is -3.13. The molecule has 0 bridgehead atoms. The lowest BCUT2D eigenvalue weighted by Crippen LogP contribution is -2.42. The van der Waals surface area contributed by atoms with Gasteiger partial charge in [-0.1, -0.05) is 0 Å². The Hall–Kier alpha value is -2.50. The van der Waals surface area contributed by atoms with Crippen LogP contribution in [0, 0.1) is 0 Å². The maximum Gasteiger partial charge on any atom is 0.223 e. The van der Waals surface area contributed by atoms with Crippen LogP contribution in [0.5, 0.6) is 0 Å². The van der Waals surface area contributed by atoms with Crippen molar-refractivity contribution in [3.8, 4) is 11.4 Å². The fraction of sp³-hybridized carbons (Fsp3) is 0.609. The summed E-state index contributed by atoms with van der Waals surface area (Å²) in [5.41, 5.74) is 9.09. The van der Waals surface area contributed by atoms with Crippen LogP contribution in [0.25, 0.3) is 17.0 Å². The highest BCUT2D eigenvalue weighted by atomic mass is 32.2. The van der Waals surface area contributed by atoms with E-state index in [0.29, 0.717) is 25.1 Å². The highest BCUT2D eigenvalue weighted by molar-refractivity contribution is 7.88. The molecule has 0 radical (unpaired) electrons. The van der Waals surface area contributed by atoms with Gasteiger partial charge in [0.25, 0.3) is 0 Å². The third-order valence-electron chi connectivity index (χ3n) is 7.33. The molecule has 2 aromatic rings. The van der Waals surface area contributed by atoms with E-state index in [4.69, 9.17) is 9.97 Å². The van der Waals surface area contributed by atoms with Crippen molar-refractivity contribution in [2.75, 3.05) is 31.7 Å². The molecule has 2 fully saturated rings. The Morgan fingerprint density at radius 2 is 1.88 bits per heavy atom. The van der Waals surface area contributed by atoms with Crippen molar-refractivity contribution in [2.45, 2.75) is 63.6 Å². The average Bonchev–Trinajstić information content (AvgIpc) is 3.47. The van der Waals surface area contributed by atoms with Crippen molar-refractivity contribution >= 4 is 21.5 Å². The van der Waals surface area contributed by atoms with Gasteiger partial charge < -0.3 is 14.9 Å². The number of hydrazine groups is 1. The van der Waals surface area contributed by atoms with Gasteiger partial charge in [-0.25, -0.2) is 33.1 Å². The van der Waals surface area contributed by atoms with Crippen molar-refractivity contribution in [3.63, 3.8) is 0 Å². The molecule has 4 aliphatic rings. The molecule has 182 valence electrons. The molecule has 10 nitrogen and oxygen atoms in total. The number of nitrogens with zero attached hydrogens (tertiary/aromatic N) is 6. The number of hydrogen-bond donors (Lipinski definition) is 2. The van der Waals surface area contributed by atoms with Gasteiger partial charge in [-0.15, -0.1) is 0 Å². The zero-order valence-electron chi connectivity index (χ0n) is 20.0. The molecule has 4 heterocycles. The number of rotatable bonds is 5. The Morgan fingerprint density at radius 1 is 1.12 bits per heavy atom. The van der Waals surface area contributed by atoms with Crippen LogP contribution in [0.1, 0.15) is 55.7 Å². The lowest BCUT2D eigenvalue weighted by Gasteiger charge is -2.30. The van der Waals surface area contributed by atoms with E-state index < -0.39 is 10.0 Å². The van der Waals surface area contributed by atoms with Crippen LogP contribution in [0.3, 0.4) is 0 Å². The molecule has 0 spiro atoms. The predicted octanol–water partition coefficient (Wildman–Crippen LogP) is 1.79. The van der Waals surface area contributed by atoms with Gasteiger partial charge in [-0.05, 0) is 51.0 Å². The summed E-state index contributed by atoms with van der Waals surface area (Å²) in [5.74, 6) is 1.68. The highest BCUT2D eigenvalue weighted by Gasteiger charge is 2.37. The summed E-state index contributed by atoms with van der Waals surface area (Å²) < 4.78 is 27.6. The van der Waals surface area contributed by atoms with E-state index in [2.05, 4.69) is 33.4 Å². The van der Waals surface area contributed by atoms with Crippen LogP contribution in [0.4, 0.5) is 5.95 Å². The number of hydrogen-bond acceptors (Lipinski definition) is 8. The Labute approximate surface area is 200 Å². The highest BCUT2D eigenvalue weighted by Crippen LogP contribution is 2.45. The third-order valence-corrected chi connectivity index (χ3v) is 8.63. The predicted molar refractivity (Wildman–Crippen MR) is 130 cm³/mol. The maximum atomic E-state index is 11.8. The number of anilines is 1. The fourth-order valence-electron chi connectivity index (χ4n) is 5.41. The number of sulfonamides is 1. The van der Waals surface area contributed by atoms with Crippen LogP contribution >= 0.6 is 0 Å². The van der Waals surface area contributed by atoms with Gasteiger partial charge in [-0.2, -0.15) is 0 Å². The smallest absolute Gasteiger partial charge is 0.223 e. The van der Waals surface area contributed by atoms with E-state index in [-0.39, 0.29) is 12.1 Å². The van der Waals surface area contributed by atoms with Gasteiger partial charge in [0.15, 0.2) is 0 Å². The molecule has 11 heteroatoms. The summed E-state index contributed by atoms with van der Waals surface area (Å²) in [4.78, 5) is 14.8. The molecular weight excluding hydrogens is 452 g/mol. The first-order valence-corrected chi connectivity index (χ1v) is 14.0.